The lowest BCUT2D eigenvalue weighted by molar-refractivity contribution is 0.242. The van der Waals surface area contributed by atoms with Crippen LogP contribution in [0.4, 0.5) is 11.6 Å². The van der Waals surface area contributed by atoms with Crippen molar-refractivity contribution in [3.8, 4) is 6.07 Å². The maximum Gasteiger partial charge on any atom is 0.227 e. The minimum absolute atomic E-state index is 0.263. The number of nitriles is 1. The van der Waals surface area contributed by atoms with Crippen molar-refractivity contribution >= 4 is 22.5 Å². The molecule has 5 rings (SSSR count). The lowest BCUT2D eigenvalue weighted by Gasteiger charge is -2.23. The topological polar surface area (TPSA) is 93.5 Å². The number of benzene rings is 1. The summed E-state index contributed by atoms with van der Waals surface area (Å²) >= 11 is 0. The van der Waals surface area contributed by atoms with E-state index >= 15 is 0 Å². The number of nitrogens with one attached hydrogen (secondary N) is 2. The molecule has 7 heteroatoms. The molecule has 1 aliphatic rings. The second kappa shape index (κ2) is 7.93. The summed E-state index contributed by atoms with van der Waals surface area (Å²) in [5, 5.41) is 13.3. The predicted octanol–water partition coefficient (Wildman–Crippen LogP) is 4.31. The van der Waals surface area contributed by atoms with Gasteiger partial charge >= 0.3 is 0 Å². The van der Waals surface area contributed by atoms with Crippen molar-refractivity contribution in [2.24, 2.45) is 0 Å². The number of likely N-dealkylation sites (tertiary alicyclic amines) is 1. The van der Waals surface area contributed by atoms with Gasteiger partial charge in [-0.2, -0.15) is 5.26 Å². The van der Waals surface area contributed by atoms with Gasteiger partial charge in [0.25, 0.3) is 0 Å². The number of anilines is 2. The third-order valence-corrected chi connectivity index (χ3v) is 5.48. The Balaban J connectivity index is 1.33. The molecular formula is C23H21N7. The molecule has 0 bridgehead atoms. The third kappa shape index (κ3) is 3.73. The van der Waals surface area contributed by atoms with Crippen molar-refractivity contribution in [2.45, 2.75) is 25.4 Å². The van der Waals surface area contributed by atoms with E-state index in [-0.39, 0.29) is 6.04 Å². The highest BCUT2D eigenvalue weighted by atomic mass is 15.2. The second-order valence-corrected chi connectivity index (χ2v) is 7.48. The van der Waals surface area contributed by atoms with Crippen molar-refractivity contribution in [3.63, 3.8) is 0 Å². The summed E-state index contributed by atoms with van der Waals surface area (Å²) in [6.45, 7) is 1.91. The van der Waals surface area contributed by atoms with E-state index in [0.29, 0.717) is 11.6 Å². The molecule has 1 saturated heterocycles. The first-order valence-electron chi connectivity index (χ1n) is 10.1. The van der Waals surface area contributed by atoms with Crippen LogP contribution < -0.4 is 5.32 Å². The van der Waals surface area contributed by atoms with Gasteiger partial charge in [0.1, 0.15) is 11.8 Å². The van der Waals surface area contributed by atoms with E-state index in [0.717, 1.165) is 37.3 Å². The molecule has 4 heterocycles. The Labute approximate surface area is 174 Å². The van der Waals surface area contributed by atoms with Crippen molar-refractivity contribution in [1.82, 2.24) is 24.8 Å². The Morgan fingerprint density at radius 3 is 2.93 bits per heavy atom. The zero-order valence-corrected chi connectivity index (χ0v) is 16.4. The summed E-state index contributed by atoms with van der Waals surface area (Å²) in [5.74, 6) is 0.538. The van der Waals surface area contributed by atoms with Gasteiger partial charge in [-0.15, -0.1) is 0 Å². The number of aromatic amines is 1. The molecule has 7 nitrogen and oxygen atoms in total. The standard InChI is InChI=1S/C23H21N7/c24-13-17-7-8-18(14-26-17)28-23-25-10-9-21(29-23)22-6-3-11-30(22)15-19-12-16-4-1-2-5-20(16)27-19/h1-2,4-5,7-10,12,14,22,27H,3,6,11,15H2,(H,25,28,29)/t22-/m1/s1. The number of rotatable bonds is 5. The van der Waals surface area contributed by atoms with E-state index in [1.54, 1.807) is 24.5 Å². The third-order valence-electron chi connectivity index (χ3n) is 5.48. The predicted molar refractivity (Wildman–Crippen MR) is 115 cm³/mol. The van der Waals surface area contributed by atoms with Gasteiger partial charge in [0.2, 0.25) is 5.95 Å². The molecule has 30 heavy (non-hydrogen) atoms. The largest absolute Gasteiger partial charge is 0.357 e. The molecule has 148 valence electrons. The summed E-state index contributed by atoms with van der Waals surface area (Å²) in [5.41, 5.74) is 4.55. The van der Waals surface area contributed by atoms with Crippen LogP contribution in [0.3, 0.4) is 0 Å². The molecule has 0 saturated carbocycles. The number of hydrogen-bond donors (Lipinski definition) is 2. The van der Waals surface area contributed by atoms with Gasteiger partial charge in [-0.3, -0.25) is 4.90 Å². The average molecular weight is 395 g/mol. The zero-order chi connectivity index (χ0) is 20.3. The van der Waals surface area contributed by atoms with E-state index in [4.69, 9.17) is 10.2 Å². The van der Waals surface area contributed by atoms with Crippen LogP contribution in [0.5, 0.6) is 0 Å². The molecule has 0 amide bonds. The fourth-order valence-corrected chi connectivity index (χ4v) is 4.07. The fourth-order valence-electron chi connectivity index (χ4n) is 4.07. The molecule has 1 fully saturated rings. The lowest BCUT2D eigenvalue weighted by atomic mass is 10.1. The molecule has 2 N–H and O–H groups in total. The molecule has 0 spiro atoms. The van der Waals surface area contributed by atoms with E-state index in [9.17, 15) is 0 Å². The minimum Gasteiger partial charge on any atom is -0.357 e. The van der Waals surface area contributed by atoms with Gasteiger partial charge in [-0.05, 0) is 55.1 Å². The van der Waals surface area contributed by atoms with Crippen molar-refractivity contribution < 1.29 is 0 Å². The van der Waals surface area contributed by atoms with E-state index < -0.39 is 0 Å². The molecule has 3 aromatic heterocycles. The summed E-state index contributed by atoms with van der Waals surface area (Å²) in [6, 6.07) is 18.4. The Morgan fingerprint density at radius 1 is 1.17 bits per heavy atom. The molecular weight excluding hydrogens is 374 g/mol. The van der Waals surface area contributed by atoms with Crippen molar-refractivity contribution in [3.05, 3.63) is 78.0 Å². The lowest BCUT2D eigenvalue weighted by Crippen LogP contribution is -2.23. The number of aromatic nitrogens is 4. The monoisotopic (exact) mass is 395 g/mol. The Kier molecular flexibility index (Phi) is 4.83. The average Bonchev–Trinajstić information content (AvgIpc) is 3.41. The summed E-state index contributed by atoms with van der Waals surface area (Å²) < 4.78 is 0. The van der Waals surface area contributed by atoms with E-state index in [1.165, 1.54) is 16.6 Å². The second-order valence-electron chi connectivity index (χ2n) is 7.48. The number of fused-ring (bicyclic) bond motifs is 1. The number of H-pyrrole nitrogens is 1. The highest BCUT2D eigenvalue weighted by Crippen LogP contribution is 2.33. The van der Waals surface area contributed by atoms with Crippen molar-refractivity contribution in [1.29, 1.82) is 5.26 Å². The van der Waals surface area contributed by atoms with Crippen LogP contribution in [-0.4, -0.2) is 31.4 Å². The Morgan fingerprint density at radius 2 is 2.10 bits per heavy atom. The minimum atomic E-state index is 0.263. The normalized spacial score (nSPS) is 16.6. The molecule has 1 aliphatic heterocycles. The first kappa shape index (κ1) is 18.3. The first-order chi connectivity index (χ1) is 14.8. The molecule has 0 aliphatic carbocycles. The molecule has 1 aromatic carbocycles. The maximum absolute atomic E-state index is 8.88. The van der Waals surface area contributed by atoms with Crippen LogP contribution in [0.2, 0.25) is 0 Å². The van der Waals surface area contributed by atoms with Crippen LogP contribution in [0.25, 0.3) is 10.9 Å². The van der Waals surface area contributed by atoms with Crippen LogP contribution in [0, 0.1) is 11.3 Å². The highest BCUT2D eigenvalue weighted by molar-refractivity contribution is 5.80. The number of pyridine rings is 1. The molecule has 4 aromatic rings. The SMILES string of the molecule is N#Cc1ccc(Nc2nccc([C@H]3CCCN3Cc3cc4ccccc4[nH]3)n2)cn1. The van der Waals surface area contributed by atoms with Gasteiger partial charge < -0.3 is 10.3 Å². The summed E-state index contributed by atoms with van der Waals surface area (Å²) in [4.78, 5) is 19.2. The number of nitrogens with zero attached hydrogens (tertiary/aromatic N) is 5. The van der Waals surface area contributed by atoms with Crippen LogP contribution >= 0.6 is 0 Å². The van der Waals surface area contributed by atoms with Gasteiger partial charge in [0.05, 0.1) is 23.6 Å². The first-order valence-corrected chi connectivity index (χ1v) is 10.1. The number of hydrogen-bond acceptors (Lipinski definition) is 6. The quantitative estimate of drug-likeness (QED) is 0.523. The zero-order valence-electron chi connectivity index (χ0n) is 16.4. The number of para-hydroxylation sites is 1. The Bertz CT molecular complexity index is 1170. The van der Waals surface area contributed by atoms with Crippen LogP contribution in [0.1, 0.15) is 36.0 Å². The van der Waals surface area contributed by atoms with E-state index in [2.05, 4.69) is 55.5 Å². The van der Waals surface area contributed by atoms with Gasteiger partial charge in [0.15, 0.2) is 0 Å². The van der Waals surface area contributed by atoms with Gasteiger partial charge in [0, 0.05) is 24.0 Å². The molecule has 0 radical (unpaired) electrons. The van der Waals surface area contributed by atoms with Crippen LogP contribution in [0.15, 0.2) is 60.9 Å². The van der Waals surface area contributed by atoms with Gasteiger partial charge in [-0.25, -0.2) is 15.0 Å². The van der Waals surface area contributed by atoms with Crippen molar-refractivity contribution in [2.75, 3.05) is 11.9 Å². The van der Waals surface area contributed by atoms with Crippen LogP contribution in [-0.2, 0) is 6.54 Å². The van der Waals surface area contributed by atoms with Gasteiger partial charge in [-0.1, -0.05) is 18.2 Å². The molecule has 0 unspecified atom stereocenters. The summed E-state index contributed by atoms with van der Waals surface area (Å²) in [7, 11) is 0. The van der Waals surface area contributed by atoms with E-state index in [1.807, 2.05) is 12.1 Å². The smallest absolute Gasteiger partial charge is 0.227 e. The summed E-state index contributed by atoms with van der Waals surface area (Å²) in [6.07, 6.45) is 5.64. The highest BCUT2D eigenvalue weighted by Gasteiger charge is 2.27. The molecule has 1 atom stereocenters. The fraction of sp³-hybridized carbons (Fsp3) is 0.217. The Hall–Kier alpha value is -3.76. The maximum atomic E-state index is 8.88.